The van der Waals surface area contributed by atoms with Crippen molar-refractivity contribution in [3.8, 4) is 6.07 Å². The van der Waals surface area contributed by atoms with E-state index in [0.717, 1.165) is 6.07 Å². The van der Waals surface area contributed by atoms with Crippen molar-refractivity contribution in [2.24, 2.45) is 0 Å². The molecule has 0 radical (unpaired) electrons. The number of allylic oxidation sites excluding steroid dienone is 1. The van der Waals surface area contributed by atoms with Gasteiger partial charge >= 0.3 is 0 Å². The molecule has 0 saturated carbocycles. The van der Waals surface area contributed by atoms with Gasteiger partial charge in [0.15, 0.2) is 5.82 Å². The van der Waals surface area contributed by atoms with E-state index in [1.165, 1.54) is 30.5 Å². The van der Waals surface area contributed by atoms with Crippen molar-refractivity contribution in [1.82, 2.24) is 4.98 Å². The standard InChI is InChI=1S/C14H6Cl2F2N2/c15-10-5-12(17)14(20-7-10)9(6-19)4-8-2-1-3-11(16)13(8)18/h1-5,7H/b9-4+. The minimum absolute atomic E-state index is 0.0743. The van der Waals surface area contributed by atoms with Crippen LogP contribution in [-0.2, 0) is 0 Å². The molecule has 0 aliphatic heterocycles. The Labute approximate surface area is 123 Å². The minimum atomic E-state index is -0.757. The van der Waals surface area contributed by atoms with Gasteiger partial charge < -0.3 is 0 Å². The molecule has 0 N–H and O–H groups in total. The molecule has 20 heavy (non-hydrogen) atoms. The molecule has 0 fully saturated rings. The number of hydrogen-bond acceptors (Lipinski definition) is 2. The lowest BCUT2D eigenvalue weighted by atomic mass is 10.1. The van der Waals surface area contributed by atoms with Gasteiger partial charge in [-0.15, -0.1) is 0 Å². The summed E-state index contributed by atoms with van der Waals surface area (Å²) < 4.78 is 27.5. The van der Waals surface area contributed by atoms with Crippen molar-refractivity contribution in [1.29, 1.82) is 5.26 Å². The van der Waals surface area contributed by atoms with Gasteiger partial charge in [0.1, 0.15) is 17.6 Å². The van der Waals surface area contributed by atoms with Gasteiger partial charge in [-0.1, -0.05) is 35.3 Å². The summed E-state index contributed by atoms with van der Waals surface area (Å²) in [6, 6.07) is 7.14. The average Bonchev–Trinajstić information content (AvgIpc) is 2.41. The topological polar surface area (TPSA) is 36.7 Å². The molecule has 6 heteroatoms. The number of nitrogens with zero attached hydrogens (tertiary/aromatic N) is 2. The van der Waals surface area contributed by atoms with E-state index in [9.17, 15) is 8.78 Å². The second kappa shape index (κ2) is 6.00. The maximum absolute atomic E-state index is 13.8. The second-order valence-corrected chi connectivity index (χ2v) is 4.64. The number of benzene rings is 1. The summed E-state index contributed by atoms with van der Waals surface area (Å²) in [5, 5.41) is 9.11. The summed E-state index contributed by atoms with van der Waals surface area (Å²) in [5.41, 5.74) is -0.248. The quantitative estimate of drug-likeness (QED) is 0.752. The molecule has 1 aromatic heterocycles. The molecule has 2 aromatic rings. The Balaban J connectivity index is 2.55. The molecule has 2 nitrogen and oxygen atoms in total. The van der Waals surface area contributed by atoms with Crippen molar-refractivity contribution < 1.29 is 8.78 Å². The van der Waals surface area contributed by atoms with Crippen LogP contribution < -0.4 is 0 Å². The highest BCUT2D eigenvalue weighted by atomic mass is 35.5. The van der Waals surface area contributed by atoms with E-state index in [2.05, 4.69) is 4.98 Å². The fraction of sp³-hybridized carbons (Fsp3) is 0. The smallest absolute Gasteiger partial charge is 0.151 e. The van der Waals surface area contributed by atoms with Crippen LogP contribution in [0.1, 0.15) is 11.3 Å². The summed E-state index contributed by atoms with van der Waals surface area (Å²) in [6.07, 6.45) is 2.39. The molecule has 0 aliphatic rings. The Hall–Kier alpha value is -1.96. The van der Waals surface area contributed by atoms with Crippen LogP contribution in [0, 0.1) is 23.0 Å². The average molecular weight is 311 g/mol. The van der Waals surface area contributed by atoms with Gasteiger partial charge in [0.05, 0.1) is 15.6 Å². The molecular weight excluding hydrogens is 305 g/mol. The maximum Gasteiger partial charge on any atom is 0.151 e. The highest BCUT2D eigenvalue weighted by Crippen LogP contribution is 2.24. The predicted molar refractivity (Wildman–Crippen MR) is 74.1 cm³/mol. The van der Waals surface area contributed by atoms with Crippen molar-refractivity contribution in [3.05, 3.63) is 63.4 Å². The highest BCUT2D eigenvalue weighted by Gasteiger charge is 2.12. The van der Waals surface area contributed by atoms with Crippen LogP contribution in [0.15, 0.2) is 30.5 Å². The van der Waals surface area contributed by atoms with Gasteiger partial charge in [-0.3, -0.25) is 4.98 Å². The van der Waals surface area contributed by atoms with E-state index < -0.39 is 11.6 Å². The Morgan fingerprint density at radius 2 is 2.05 bits per heavy atom. The Bertz CT molecular complexity index is 736. The predicted octanol–water partition coefficient (Wildman–Crippen LogP) is 4.73. The molecule has 1 heterocycles. The zero-order valence-electron chi connectivity index (χ0n) is 9.87. The lowest BCUT2D eigenvalue weighted by Gasteiger charge is -2.03. The molecule has 0 unspecified atom stereocenters. The monoisotopic (exact) mass is 310 g/mol. The van der Waals surface area contributed by atoms with Crippen molar-refractivity contribution in [3.63, 3.8) is 0 Å². The number of halogens is 4. The number of rotatable bonds is 2. The largest absolute Gasteiger partial charge is 0.251 e. The van der Waals surface area contributed by atoms with Gasteiger partial charge in [-0.25, -0.2) is 8.78 Å². The minimum Gasteiger partial charge on any atom is -0.251 e. The van der Waals surface area contributed by atoms with E-state index in [4.69, 9.17) is 28.5 Å². The highest BCUT2D eigenvalue weighted by molar-refractivity contribution is 6.31. The molecule has 0 amide bonds. The van der Waals surface area contributed by atoms with Crippen molar-refractivity contribution in [2.45, 2.75) is 0 Å². The number of pyridine rings is 1. The van der Waals surface area contributed by atoms with Crippen molar-refractivity contribution >= 4 is 34.9 Å². The lowest BCUT2D eigenvalue weighted by molar-refractivity contribution is 0.617. The van der Waals surface area contributed by atoms with E-state index in [-0.39, 0.29) is 26.9 Å². The first-order valence-corrected chi connectivity index (χ1v) is 6.15. The summed E-state index contributed by atoms with van der Waals surface area (Å²) in [5.74, 6) is -1.44. The number of aromatic nitrogens is 1. The van der Waals surface area contributed by atoms with Crippen LogP contribution in [0.2, 0.25) is 10.0 Å². The van der Waals surface area contributed by atoms with Gasteiger partial charge in [0, 0.05) is 11.8 Å². The van der Waals surface area contributed by atoms with Crippen LogP contribution in [0.5, 0.6) is 0 Å². The summed E-state index contributed by atoms with van der Waals surface area (Å²) in [7, 11) is 0. The van der Waals surface area contributed by atoms with Crippen LogP contribution in [0.4, 0.5) is 8.78 Å². The molecule has 0 atom stereocenters. The van der Waals surface area contributed by atoms with Crippen LogP contribution in [0.3, 0.4) is 0 Å². The fourth-order valence-electron chi connectivity index (χ4n) is 1.55. The van der Waals surface area contributed by atoms with Gasteiger partial charge in [-0.2, -0.15) is 5.26 Å². The molecular formula is C14H6Cl2F2N2. The first-order valence-electron chi connectivity index (χ1n) is 5.40. The fourth-order valence-corrected chi connectivity index (χ4v) is 1.88. The van der Waals surface area contributed by atoms with Gasteiger partial charge in [-0.05, 0) is 18.2 Å². The normalized spacial score (nSPS) is 11.2. The summed E-state index contributed by atoms with van der Waals surface area (Å²) >= 11 is 11.2. The summed E-state index contributed by atoms with van der Waals surface area (Å²) in [4.78, 5) is 3.74. The van der Waals surface area contributed by atoms with Gasteiger partial charge in [0.2, 0.25) is 0 Å². The first-order chi connectivity index (χ1) is 9.52. The maximum atomic E-state index is 13.8. The number of nitriles is 1. The van der Waals surface area contributed by atoms with Crippen LogP contribution in [-0.4, -0.2) is 4.98 Å². The Kier molecular flexibility index (Phi) is 4.33. The number of hydrogen-bond donors (Lipinski definition) is 0. The van der Waals surface area contributed by atoms with E-state index >= 15 is 0 Å². The molecule has 0 spiro atoms. The van der Waals surface area contributed by atoms with E-state index in [1.807, 2.05) is 0 Å². The molecule has 2 rings (SSSR count). The van der Waals surface area contributed by atoms with Crippen molar-refractivity contribution in [2.75, 3.05) is 0 Å². The first kappa shape index (κ1) is 14.4. The molecule has 100 valence electrons. The zero-order valence-corrected chi connectivity index (χ0v) is 11.4. The van der Waals surface area contributed by atoms with Crippen LogP contribution in [0.25, 0.3) is 11.6 Å². The lowest BCUT2D eigenvalue weighted by Crippen LogP contribution is -1.94. The third-order valence-electron chi connectivity index (χ3n) is 2.46. The molecule has 0 saturated heterocycles. The van der Waals surface area contributed by atoms with E-state index in [0.29, 0.717) is 0 Å². The Morgan fingerprint density at radius 1 is 1.30 bits per heavy atom. The Morgan fingerprint density at radius 3 is 2.70 bits per heavy atom. The van der Waals surface area contributed by atoms with Gasteiger partial charge in [0.25, 0.3) is 0 Å². The third-order valence-corrected chi connectivity index (χ3v) is 2.96. The van der Waals surface area contributed by atoms with E-state index in [1.54, 1.807) is 6.07 Å². The second-order valence-electron chi connectivity index (χ2n) is 3.80. The zero-order chi connectivity index (χ0) is 14.7. The van der Waals surface area contributed by atoms with Crippen LogP contribution >= 0.6 is 23.2 Å². The SMILES string of the molecule is N#C/C(=C\c1cccc(Cl)c1F)c1ncc(Cl)cc1F. The molecule has 0 aliphatic carbocycles. The molecule has 0 bridgehead atoms. The third kappa shape index (κ3) is 2.96. The molecule has 1 aromatic carbocycles. The summed E-state index contributed by atoms with van der Waals surface area (Å²) in [6.45, 7) is 0.